The molecule has 0 spiro atoms. The van der Waals surface area contributed by atoms with Crippen LogP contribution < -0.4 is 15.9 Å². The predicted octanol–water partition coefficient (Wildman–Crippen LogP) is 2.84. The third-order valence-electron chi connectivity index (χ3n) is 4.70. The van der Waals surface area contributed by atoms with Crippen LogP contribution in [0.5, 0.6) is 5.75 Å². The number of ether oxygens (including phenoxy) is 1. The lowest BCUT2D eigenvalue weighted by Crippen LogP contribution is -2.21. The van der Waals surface area contributed by atoms with Gasteiger partial charge < -0.3 is 10.5 Å². The summed E-state index contributed by atoms with van der Waals surface area (Å²) in [7, 11) is 0. The summed E-state index contributed by atoms with van der Waals surface area (Å²) in [5.74, 6) is 0.282. The van der Waals surface area contributed by atoms with Crippen molar-refractivity contribution < 1.29 is 14.2 Å². The van der Waals surface area contributed by atoms with E-state index >= 15 is 0 Å². The summed E-state index contributed by atoms with van der Waals surface area (Å²) in [6, 6.07) is 16.7. The highest BCUT2D eigenvalue weighted by atomic mass is 16.6. The van der Waals surface area contributed by atoms with Crippen LogP contribution in [0.3, 0.4) is 0 Å². The van der Waals surface area contributed by atoms with Gasteiger partial charge in [0.1, 0.15) is 11.4 Å². The molecule has 0 saturated heterocycles. The van der Waals surface area contributed by atoms with Gasteiger partial charge >= 0.3 is 0 Å². The van der Waals surface area contributed by atoms with E-state index in [1.807, 2.05) is 37.3 Å². The number of nitrogen functional groups attached to an aromatic ring is 1. The van der Waals surface area contributed by atoms with Gasteiger partial charge in [0.2, 0.25) is 11.6 Å². The number of hydrazone groups is 1. The maximum atomic E-state index is 13.0. The number of aromatic nitrogens is 5. The van der Waals surface area contributed by atoms with Gasteiger partial charge in [0.25, 0.3) is 5.91 Å². The average molecular weight is 446 g/mol. The Bertz CT molecular complexity index is 1260. The summed E-state index contributed by atoms with van der Waals surface area (Å²) in [4.78, 5) is 13.0. The summed E-state index contributed by atoms with van der Waals surface area (Å²) in [6.45, 7) is 4.43. The number of rotatable bonds is 8. The van der Waals surface area contributed by atoms with Crippen LogP contribution in [-0.2, 0) is 0 Å². The molecular formula is C22H22N8O3. The fourth-order valence-electron chi connectivity index (χ4n) is 3.04. The Hall–Kier alpha value is -4.54. The monoisotopic (exact) mass is 446 g/mol. The van der Waals surface area contributed by atoms with Crippen molar-refractivity contribution in [2.24, 2.45) is 5.10 Å². The fraction of sp³-hybridized carbons (Fsp3) is 0.182. The van der Waals surface area contributed by atoms with Crippen molar-refractivity contribution in [3.05, 3.63) is 65.9 Å². The zero-order valence-corrected chi connectivity index (χ0v) is 18.1. The van der Waals surface area contributed by atoms with Crippen LogP contribution in [0, 0.1) is 0 Å². The SMILES string of the molecule is CCCOc1ccc(-c2c(C(=O)N/N=C(\C)c3ccccc3)nnn2-c2nonc2N)cc1. The van der Waals surface area contributed by atoms with Gasteiger partial charge in [-0.05, 0) is 53.5 Å². The number of carbonyl (C=O) groups is 1. The largest absolute Gasteiger partial charge is 0.494 e. The van der Waals surface area contributed by atoms with E-state index in [-0.39, 0.29) is 17.3 Å². The van der Waals surface area contributed by atoms with Gasteiger partial charge in [-0.3, -0.25) is 4.79 Å². The molecule has 33 heavy (non-hydrogen) atoms. The van der Waals surface area contributed by atoms with E-state index in [1.165, 1.54) is 4.68 Å². The molecule has 0 fully saturated rings. The predicted molar refractivity (Wildman–Crippen MR) is 121 cm³/mol. The Morgan fingerprint density at radius 3 is 2.58 bits per heavy atom. The number of benzene rings is 2. The van der Waals surface area contributed by atoms with E-state index in [0.29, 0.717) is 29.3 Å². The molecule has 2 heterocycles. The van der Waals surface area contributed by atoms with Crippen molar-refractivity contribution in [2.45, 2.75) is 20.3 Å². The molecule has 3 N–H and O–H groups in total. The Balaban J connectivity index is 1.69. The van der Waals surface area contributed by atoms with Gasteiger partial charge in [-0.2, -0.15) is 9.78 Å². The molecule has 168 valence electrons. The van der Waals surface area contributed by atoms with Gasteiger partial charge in [-0.25, -0.2) is 10.1 Å². The van der Waals surface area contributed by atoms with Gasteiger partial charge in [0.05, 0.1) is 12.3 Å². The van der Waals surface area contributed by atoms with E-state index < -0.39 is 5.91 Å². The average Bonchev–Trinajstić information content (AvgIpc) is 3.48. The first-order valence-electron chi connectivity index (χ1n) is 10.3. The molecule has 0 radical (unpaired) electrons. The number of carbonyl (C=O) groups excluding carboxylic acids is 1. The topological polar surface area (TPSA) is 146 Å². The molecular weight excluding hydrogens is 424 g/mol. The highest BCUT2D eigenvalue weighted by Crippen LogP contribution is 2.28. The highest BCUT2D eigenvalue weighted by Gasteiger charge is 2.25. The number of nitrogens with zero attached hydrogens (tertiary/aromatic N) is 6. The summed E-state index contributed by atoms with van der Waals surface area (Å²) < 4.78 is 11.6. The smallest absolute Gasteiger partial charge is 0.294 e. The van der Waals surface area contributed by atoms with Crippen LogP contribution in [0.2, 0.25) is 0 Å². The molecule has 1 amide bonds. The number of amides is 1. The zero-order chi connectivity index (χ0) is 23.2. The maximum Gasteiger partial charge on any atom is 0.294 e. The minimum atomic E-state index is -0.548. The molecule has 11 nitrogen and oxygen atoms in total. The quantitative estimate of drug-likeness (QED) is 0.310. The molecule has 11 heteroatoms. The van der Waals surface area contributed by atoms with Crippen molar-refractivity contribution in [2.75, 3.05) is 12.3 Å². The normalized spacial score (nSPS) is 11.4. The molecule has 0 atom stereocenters. The molecule has 4 aromatic rings. The van der Waals surface area contributed by atoms with Crippen LogP contribution in [0.1, 0.15) is 36.3 Å². The van der Waals surface area contributed by atoms with E-state index in [1.54, 1.807) is 31.2 Å². The van der Waals surface area contributed by atoms with Crippen LogP contribution >= 0.6 is 0 Å². The Morgan fingerprint density at radius 1 is 1.15 bits per heavy atom. The van der Waals surface area contributed by atoms with Gasteiger partial charge in [-0.15, -0.1) is 5.10 Å². The third-order valence-corrected chi connectivity index (χ3v) is 4.70. The molecule has 4 rings (SSSR count). The van der Waals surface area contributed by atoms with Gasteiger partial charge in [0.15, 0.2) is 5.69 Å². The molecule has 0 unspecified atom stereocenters. The lowest BCUT2D eigenvalue weighted by atomic mass is 10.1. The number of hydrogen-bond donors (Lipinski definition) is 2. The van der Waals surface area contributed by atoms with E-state index in [2.05, 4.69) is 31.2 Å². The number of nitrogens with two attached hydrogens (primary N) is 1. The molecule has 2 aromatic heterocycles. The van der Waals surface area contributed by atoms with Crippen molar-refractivity contribution in [3.63, 3.8) is 0 Å². The van der Waals surface area contributed by atoms with Crippen LogP contribution in [0.15, 0.2) is 64.3 Å². The minimum Gasteiger partial charge on any atom is -0.494 e. The molecule has 0 aliphatic carbocycles. The summed E-state index contributed by atoms with van der Waals surface area (Å²) in [6.07, 6.45) is 0.893. The maximum absolute atomic E-state index is 13.0. The zero-order valence-electron chi connectivity index (χ0n) is 18.1. The number of anilines is 1. The second-order valence-electron chi connectivity index (χ2n) is 7.05. The molecule has 0 aliphatic rings. The fourth-order valence-corrected chi connectivity index (χ4v) is 3.04. The number of nitrogens with one attached hydrogen (secondary N) is 1. The minimum absolute atomic E-state index is 0.00829. The molecule has 0 bridgehead atoms. The Labute approximate surface area is 189 Å². The second kappa shape index (κ2) is 9.73. The van der Waals surface area contributed by atoms with Crippen molar-refractivity contribution in [1.82, 2.24) is 30.7 Å². The first-order chi connectivity index (χ1) is 16.1. The van der Waals surface area contributed by atoms with Gasteiger partial charge in [0, 0.05) is 5.56 Å². The standard InChI is InChI=1S/C22H22N8O3/c1-3-13-32-17-11-9-16(10-12-17)19-18(25-29-30(19)21-20(23)27-33-28-21)22(31)26-24-14(2)15-7-5-4-6-8-15/h4-12H,3,13H2,1-2H3,(H2,23,27)(H,26,31)/b24-14+. The third kappa shape index (κ3) is 4.71. The van der Waals surface area contributed by atoms with Crippen molar-refractivity contribution in [3.8, 4) is 22.8 Å². The first kappa shape index (κ1) is 21.7. The lowest BCUT2D eigenvalue weighted by Gasteiger charge is -2.08. The molecule has 0 saturated carbocycles. The van der Waals surface area contributed by atoms with E-state index in [0.717, 1.165) is 12.0 Å². The lowest BCUT2D eigenvalue weighted by molar-refractivity contribution is 0.0950. The number of hydrogen-bond acceptors (Lipinski definition) is 9. The Morgan fingerprint density at radius 2 is 1.91 bits per heavy atom. The van der Waals surface area contributed by atoms with E-state index in [4.69, 9.17) is 15.1 Å². The van der Waals surface area contributed by atoms with Crippen LogP contribution in [0.4, 0.5) is 5.82 Å². The van der Waals surface area contributed by atoms with Crippen LogP contribution in [-0.4, -0.2) is 43.5 Å². The molecule has 2 aromatic carbocycles. The summed E-state index contributed by atoms with van der Waals surface area (Å²) in [5, 5.41) is 19.7. The first-order valence-corrected chi connectivity index (χ1v) is 10.3. The molecule has 0 aliphatic heterocycles. The van der Waals surface area contributed by atoms with Gasteiger partial charge in [-0.1, -0.05) is 42.5 Å². The van der Waals surface area contributed by atoms with E-state index in [9.17, 15) is 4.79 Å². The summed E-state index contributed by atoms with van der Waals surface area (Å²) >= 11 is 0. The highest BCUT2D eigenvalue weighted by molar-refractivity contribution is 6.02. The Kier molecular flexibility index (Phi) is 6.39. The van der Waals surface area contributed by atoms with Crippen LogP contribution in [0.25, 0.3) is 17.1 Å². The second-order valence-corrected chi connectivity index (χ2v) is 7.05. The van der Waals surface area contributed by atoms with Crippen molar-refractivity contribution >= 4 is 17.4 Å². The summed E-state index contributed by atoms with van der Waals surface area (Å²) in [5.41, 5.74) is 10.9. The van der Waals surface area contributed by atoms with Crippen molar-refractivity contribution in [1.29, 1.82) is 0 Å².